The summed E-state index contributed by atoms with van der Waals surface area (Å²) in [5.41, 5.74) is 4.43. The quantitative estimate of drug-likeness (QED) is 0.0585. The molecule has 25 heteroatoms. The number of ether oxygens (including phenoxy) is 2. The van der Waals surface area contributed by atoms with Crippen LogP contribution in [0.3, 0.4) is 0 Å². The van der Waals surface area contributed by atoms with Gasteiger partial charge < -0.3 is 44.6 Å². The number of phosphoric acid groups is 3. The molecule has 4 aliphatic rings. The van der Waals surface area contributed by atoms with Crippen molar-refractivity contribution in [1.82, 2.24) is 19.8 Å². The fraction of sp³-hybridized carbons (Fsp3) is 0.449. The summed E-state index contributed by atoms with van der Waals surface area (Å²) in [5, 5.41) is 8.33. The van der Waals surface area contributed by atoms with Gasteiger partial charge in [0.1, 0.15) is 23.3 Å². The maximum Gasteiger partial charge on any atom is 0.487 e. The second-order valence-corrected chi connectivity index (χ2v) is 24.8. The Balaban J connectivity index is 0.914. The summed E-state index contributed by atoms with van der Waals surface area (Å²) < 4.78 is 59.8. The molecule has 2 amide bonds. The van der Waals surface area contributed by atoms with Crippen LogP contribution in [0.2, 0.25) is 0 Å². The lowest BCUT2D eigenvalue weighted by molar-refractivity contribution is -0.588. The number of aromatic nitrogens is 2. The third-order valence-electron chi connectivity index (χ3n) is 13.2. The van der Waals surface area contributed by atoms with Crippen molar-refractivity contribution >= 4 is 46.5 Å². The van der Waals surface area contributed by atoms with Gasteiger partial charge in [-0.1, -0.05) is 43.9 Å². The van der Waals surface area contributed by atoms with Gasteiger partial charge in [-0.2, -0.15) is 4.31 Å². The maximum absolute atomic E-state index is 14.5. The first-order chi connectivity index (χ1) is 34.6. The van der Waals surface area contributed by atoms with Gasteiger partial charge in [-0.05, 0) is 94.5 Å². The molecule has 3 aromatic carbocycles. The highest BCUT2D eigenvalue weighted by molar-refractivity contribution is 7.66. The van der Waals surface area contributed by atoms with Crippen molar-refractivity contribution in [3.05, 3.63) is 120 Å². The SMILES string of the molecule is CC1CC(C)(C)Nc2cc3c(cc21)C(c1ccccc1C(=O)N(C)CCCC(=O)NCC#Cc1cn([C@H]2CC[C@@H](COP(=O)(O)OP(=O)(O)OP(=O)([O-])O)O2)c(=O)[nH]c1=O)=c1cc2c(cc1O3)=[NH+]C(C)(C)CC2C. The highest BCUT2D eigenvalue weighted by atomic mass is 31.3. The van der Waals surface area contributed by atoms with E-state index >= 15 is 0 Å². The van der Waals surface area contributed by atoms with Crippen LogP contribution < -0.4 is 47.1 Å². The summed E-state index contributed by atoms with van der Waals surface area (Å²) in [6, 6.07) is 16.2. The molecule has 8 rings (SSSR count). The molecule has 5 heterocycles. The van der Waals surface area contributed by atoms with E-state index in [1.807, 2.05) is 24.3 Å². The van der Waals surface area contributed by atoms with Gasteiger partial charge in [0, 0.05) is 77.4 Å². The summed E-state index contributed by atoms with van der Waals surface area (Å²) >= 11 is 0. The molecule has 22 nitrogen and oxygen atoms in total. The van der Waals surface area contributed by atoms with Crippen LogP contribution in [-0.4, -0.2) is 84.9 Å². The zero-order valence-electron chi connectivity index (χ0n) is 41.8. The number of hydrogen-bond acceptors (Lipinski definition) is 14. The van der Waals surface area contributed by atoms with Crippen LogP contribution in [0.25, 0.3) is 5.57 Å². The van der Waals surface area contributed by atoms with Crippen LogP contribution in [0.4, 0.5) is 5.69 Å². The predicted octanol–water partition coefficient (Wildman–Crippen LogP) is 2.98. The van der Waals surface area contributed by atoms with E-state index in [1.54, 1.807) is 11.9 Å². The van der Waals surface area contributed by atoms with Crippen molar-refractivity contribution in [2.75, 3.05) is 32.1 Å². The monoisotopic (exact) mass is 1080 g/mol. The number of benzene rings is 3. The first kappa shape index (κ1) is 54.7. The number of H-pyrrole nitrogens is 1. The number of amides is 2. The third kappa shape index (κ3) is 12.8. The summed E-state index contributed by atoms with van der Waals surface area (Å²) in [7, 11) is -15.3. The van der Waals surface area contributed by atoms with Crippen LogP contribution in [-0.2, 0) is 36.4 Å². The van der Waals surface area contributed by atoms with E-state index in [9.17, 15) is 47.6 Å². The number of fused-ring (bicyclic) bond motifs is 4. The Morgan fingerprint density at radius 3 is 2.43 bits per heavy atom. The first-order valence-corrected chi connectivity index (χ1v) is 28.4. The second-order valence-electron chi connectivity index (χ2n) is 20.4. The first-order valence-electron chi connectivity index (χ1n) is 23.9. The molecule has 396 valence electrons. The van der Waals surface area contributed by atoms with E-state index < -0.39 is 53.7 Å². The van der Waals surface area contributed by atoms with Crippen LogP contribution in [0.15, 0.2) is 64.3 Å². The van der Waals surface area contributed by atoms with Crippen LogP contribution in [0.1, 0.15) is 136 Å². The number of nitrogens with one attached hydrogen (secondary N) is 4. The largest absolute Gasteiger partial charge is 0.756 e. The number of hydrogen-bond donors (Lipinski definition) is 7. The summed E-state index contributed by atoms with van der Waals surface area (Å²) in [5.74, 6) is 6.66. The topological polar surface area (TPSA) is 311 Å². The number of rotatable bonds is 15. The molecular formula is C49H59N6O16P3. The Kier molecular flexibility index (Phi) is 15.5. The van der Waals surface area contributed by atoms with Gasteiger partial charge in [0.2, 0.25) is 11.3 Å². The van der Waals surface area contributed by atoms with Crippen LogP contribution in [0, 0.1) is 11.8 Å². The van der Waals surface area contributed by atoms with Crippen molar-refractivity contribution in [3.8, 4) is 23.3 Å². The average Bonchev–Trinajstić information content (AvgIpc) is 3.75. The molecule has 4 aromatic rings. The predicted molar refractivity (Wildman–Crippen MR) is 266 cm³/mol. The summed E-state index contributed by atoms with van der Waals surface area (Å²) in [6.07, 6.45) is 1.65. The number of carbonyl (C=O) groups excluding carboxylic acids is 2. The Labute approximate surface area is 425 Å². The molecule has 1 saturated heterocycles. The summed E-state index contributed by atoms with van der Waals surface area (Å²) in [6.45, 7) is 12.6. The van der Waals surface area contributed by atoms with Crippen LogP contribution >= 0.6 is 23.5 Å². The molecule has 0 aliphatic carbocycles. The highest BCUT2D eigenvalue weighted by Gasteiger charge is 2.40. The Bertz CT molecular complexity index is 3390. The molecule has 1 aromatic heterocycles. The van der Waals surface area contributed by atoms with E-state index in [4.69, 9.17) is 14.4 Å². The molecule has 74 heavy (non-hydrogen) atoms. The van der Waals surface area contributed by atoms with Crippen molar-refractivity contribution in [2.45, 2.75) is 115 Å². The van der Waals surface area contributed by atoms with E-state index in [0.717, 1.165) is 56.6 Å². The van der Waals surface area contributed by atoms with E-state index in [1.165, 1.54) is 11.1 Å². The van der Waals surface area contributed by atoms with Gasteiger partial charge in [0.15, 0.2) is 5.54 Å². The van der Waals surface area contributed by atoms with E-state index in [2.05, 4.69) is 111 Å². The lowest BCUT2D eigenvalue weighted by Gasteiger charge is -2.38. The molecule has 5 unspecified atom stereocenters. The number of aromatic amines is 1. The zero-order valence-corrected chi connectivity index (χ0v) is 44.4. The minimum Gasteiger partial charge on any atom is -0.756 e. The van der Waals surface area contributed by atoms with Gasteiger partial charge in [-0.15, -0.1) is 0 Å². The average molecular weight is 1080 g/mol. The minimum atomic E-state index is -5.83. The number of nitrogens with zero attached hydrogens (tertiary/aromatic N) is 2. The van der Waals surface area contributed by atoms with Crippen molar-refractivity contribution < 1.29 is 70.5 Å². The third-order valence-corrected chi connectivity index (χ3v) is 16.9. The Morgan fingerprint density at radius 2 is 1.69 bits per heavy atom. The molecule has 0 bridgehead atoms. The fourth-order valence-corrected chi connectivity index (χ4v) is 13.3. The normalized spacial score (nSPS) is 22.4. The number of phosphoric ester groups is 1. The lowest BCUT2D eigenvalue weighted by Crippen LogP contribution is -2.90. The van der Waals surface area contributed by atoms with Crippen molar-refractivity contribution in [2.24, 2.45) is 0 Å². The highest BCUT2D eigenvalue weighted by Crippen LogP contribution is 2.65. The maximum atomic E-state index is 14.5. The van der Waals surface area contributed by atoms with Gasteiger partial charge in [-0.25, -0.2) is 23.2 Å². The van der Waals surface area contributed by atoms with Crippen molar-refractivity contribution in [1.29, 1.82) is 0 Å². The second kappa shape index (κ2) is 20.9. The molecular weight excluding hydrogens is 1020 g/mol. The number of carbonyl (C=O) groups is 2. The molecule has 1 fully saturated rings. The lowest BCUT2D eigenvalue weighted by atomic mass is 9.79. The van der Waals surface area contributed by atoms with E-state index in [-0.39, 0.29) is 72.6 Å². The smallest absolute Gasteiger partial charge is 0.487 e. The standard InChI is InChI=1S/C49H59N6O16P3/c1-28-24-48(3,4)52-38-22-40-36(20-34(28)38)44(37-21-35-29(2)25-49(5,6)53-39(35)23-41(37)69-40)32-13-8-9-14-33(32)46(58)54(7)19-11-15-42(56)50-18-10-12-30-26-55(47(59)51-45(30)57)43-17-16-31(68-43)27-67-73(63,64)71-74(65,66)70-72(60,61)62/h8-9,13-14,20-23,26,28-29,31,43,52H,11,15-19,24-25,27H2,1-7H3,(H,50,56)(H,63,64)(H,65,66)(H,51,57,59)(H2,60,61,62)/t28?,29?,31-,43+/m0/s1. The molecule has 4 aliphatic heterocycles. The van der Waals surface area contributed by atoms with Gasteiger partial charge in [-0.3, -0.25) is 33.0 Å². The van der Waals surface area contributed by atoms with Crippen LogP contribution in [0.5, 0.6) is 11.5 Å². The molecule has 7 atom stereocenters. The molecule has 7 N–H and O–H groups in total. The van der Waals surface area contributed by atoms with E-state index in [0.29, 0.717) is 23.5 Å². The summed E-state index contributed by atoms with van der Waals surface area (Å²) in [4.78, 5) is 98.6. The van der Waals surface area contributed by atoms with Crippen molar-refractivity contribution in [3.63, 3.8) is 0 Å². The number of anilines is 1. The molecule has 0 radical (unpaired) electrons. The Hall–Kier alpha value is -5.52. The Morgan fingerprint density at radius 1 is 0.959 bits per heavy atom. The van der Waals surface area contributed by atoms with Gasteiger partial charge in [0.05, 0.1) is 25.3 Å². The minimum absolute atomic E-state index is 0.0594. The molecule has 0 spiro atoms. The zero-order chi connectivity index (χ0) is 53.7. The van der Waals surface area contributed by atoms with Gasteiger partial charge >= 0.3 is 21.3 Å². The fourth-order valence-electron chi connectivity index (χ4n) is 10.2. The van der Waals surface area contributed by atoms with Gasteiger partial charge in [0.25, 0.3) is 19.3 Å². The molecule has 0 saturated carbocycles.